The molecular formula is C20H19F3N4O2. The summed E-state index contributed by atoms with van der Waals surface area (Å²) in [5, 5.41) is 8.91. The van der Waals surface area contributed by atoms with Gasteiger partial charge in [0.05, 0.1) is 5.56 Å². The lowest BCUT2D eigenvalue weighted by Crippen LogP contribution is -2.33. The first kappa shape index (κ1) is 19.5. The lowest BCUT2D eigenvalue weighted by molar-refractivity contribution is -0.137. The molecule has 29 heavy (non-hydrogen) atoms. The number of benzene rings is 1. The Morgan fingerprint density at radius 3 is 2.59 bits per heavy atom. The fraction of sp³-hybridized carbons (Fsp3) is 0.450. The predicted octanol–water partition coefficient (Wildman–Crippen LogP) is 2.09. The van der Waals surface area contributed by atoms with Crippen LogP contribution in [-0.4, -0.2) is 34.1 Å². The molecule has 1 saturated carbocycles. The summed E-state index contributed by atoms with van der Waals surface area (Å²) in [5.41, 5.74) is -1.08. The third-order valence-corrected chi connectivity index (χ3v) is 6.01. The molecular weight excluding hydrogens is 385 g/mol. The van der Waals surface area contributed by atoms with Crippen LogP contribution in [0.25, 0.3) is 0 Å². The fourth-order valence-electron chi connectivity index (χ4n) is 4.42. The molecule has 152 valence electrons. The van der Waals surface area contributed by atoms with Gasteiger partial charge < -0.3 is 4.90 Å². The molecule has 0 bridgehead atoms. The number of aromatic amines is 1. The van der Waals surface area contributed by atoms with Crippen LogP contribution >= 0.6 is 0 Å². The van der Waals surface area contributed by atoms with E-state index in [4.69, 9.17) is 5.26 Å². The van der Waals surface area contributed by atoms with E-state index in [1.165, 1.54) is 10.8 Å². The summed E-state index contributed by atoms with van der Waals surface area (Å²) >= 11 is 0. The third kappa shape index (κ3) is 3.60. The van der Waals surface area contributed by atoms with E-state index in [1.807, 2.05) is 0 Å². The minimum Gasteiger partial charge on any atom is -0.302 e. The summed E-state index contributed by atoms with van der Waals surface area (Å²) in [7, 11) is 0. The van der Waals surface area contributed by atoms with E-state index in [2.05, 4.69) is 9.88 Å². The zero-order valence-electron chi connectivity index (χ0n) is 15.5. The number of hydrogen-bond donors (Lipinski definition) is 1. The van der Waals surface area contributed by atoms with Gasteiger partial charge in [-0.25, -0.2) is 4.79 Å². The van der Waals surface area contributed by atoms with Gasteiger partial charge in [-0.15, -0.1) is 0 Å². The molecule has 1 aromatic heterocycles. The molecule has 1 aliphatic carbocycles. The van der Waals surface area contributed by atoms with Crippen LogP contribution in [0.5, 0.6) is 0 Å². The van der Waals surface area contributed by atoms with Gasteiger partial charge in [0.2, 0.25) is 0 Å². The maximum Gasteiger partial charge on any atom is 0.416 e. The average molecular weight is 404 g/mol. The van der Waals surface area contributed by atoms with Crippen molar-refractivity contribution >= 4 is 0 Å². The lowest BCUT2D eigenvalue weighted by Gasteiger charge is -2.21. The molecule has 0 radical (unpaired) electrons. The van der Waals surface area contributed by atoms with Gasteiger partial charge in [-0.3, -0.25) is 14.3 Å². The van der Waals surface area contributed by atoms with Gasteiger partial charge in [-0.05, 0) is 43.0 Å². The number of halogens is 3. The topological polar surface area (TPSA) is 81.9 Å². The zero-order chi connectivity index (χ0) is 20.8. The molecule has 2 fully saturated rings. The number of nitriles is 1. The number of H-pyrrole nitrogens is 1. The standard InChI is InChI=1S/C20H19F3N4O2/c21-20(22,23)15-4-2-14(3-5-15)19-8-16(19)11-26(12-19)6-1-7-27-10-13(9-24)17(28)25-18(27)29/h2-5,10,16H,1,6-8,11-12H2,(H,25,28,29)/t16-,19+/m0/s1. The maximum atomic E-state index is 12.8. The van der Waals surface area contributed by atoms with Crippen LogP contribution in [0.2, 0.25) is 0 Å². The van der Waals surface area contributed by atoms with Crippen molar-refractivity contribution in [2.75, 3.05) is 19.6 Å². The molecule has 0 amide bonds. The van der Waals surface area contributed by atoms with Crippen LogP contribution in [0.15, 0.2) is 40.1 Å². The Morgan fingerprint density at radius 2 is 1.93 bits per heavy atom. The summed E-state index contributed by atoms with van der Waals surface area (Å²) < 4.78 is 39.6. The molecule has 1 aliphatic heterocycles. The number of likely N-dealkylation sites (tertiary alicyclic amines) is 1. The molecule has 2 atom stereocenters. The first-order chi connectivity index (χ1) is 13.7. The Labute approximate surface area is 164 Å². The summed E-state index contributed by atoms with van der Waals surface area (Å²) in [6.07, 6.45) is -1.41. The number of nitrogens with zero attached hydrogens (tertiary/aromatic N) is 3. The van der Waals surface area contributed by atoms with E-state index in [0.717, 1.165) is 43.8 Å². The van der Waals surface area contributed by atoms with Crippen molar-refractivity contribution in [2.45, 2.75) is 31.0 Å². The minimum atomic E-state index is -4.33. The first-order valence-corrected chi connectivity index (χ1v) is 9.37. The Morgan fingerprint density at radius 1 is 1.21 bits per heavy atom. The molecule has 1 saturated heterocycles. The highest BCUT2D eigenvalue weighted by Gasteiger charge is 2.60. The van der Waals surface area contributed by atoms with Gasteiger partial charge in [0.15, 0.2) is 0 Å². The van der Waals surface area contributed by atoms with Gasteiger partial charge in [-0.1, -0.05) is 12.1 Å². The Kier molecular flexibility index (Phi) is 4.62. The number of aromatic nitrogens is 2. The monoisotopic (exact) mass is 404 g/mol. The van der Waals surface area contributed by atoms with Crippen molar-refractivity contribution < 1.29 is 13.2 Å². The van der Waals surface area contributed by atoms with Gasteiger partial charge in [0.1, 0.15) is 11.6 Å². The van der Waals surface area contributed by atoms with Gasteiger partial charge in [-0.2, -0.15) is 18.4 Å². The Hall–Kier alpha value is -2.86. The number of fused-ring (bicyclic) bond motifs is 1. The van der Waals surface area contributed by atoms with Gasteiger partial charge in [0, 0.05) is 31.2 Å². The van der Waals surface area contributed by atoms with E-state index in [-0.39, 0.29) is 11.0 Å². The Balaban J connectivity index is 1.36. The van der Waals surface area contributed by atoms with E-state index in [9.17, 15) is 22.8 Å². The largest absolute Gasteiger partial charge is 0.416 e. The second-order valence-electron chi connectivity index (χ2n) is 7.83. The average Bonchev–Trinajstić information content (AvgIpc) is 3.25. The van der Waals surface area contributed by atoms with Crippen LogP contribution < -0.4 is 11.2 Å². The number of nitrogens with one attached hydrogen (secondary N) is 1. The number of hydrogen-bond acceptors (Lipinski definition) is 4. The zero-order valence-corrected chi connectivity index (χ0v) is 15.5. The van der Waals surface area contributed by atoms with E-state index in [1.54, 1.807) is 18.2 Å². The van der Waals surface area contributed by atoms with Gasteiger partial charge in [0.25, 0.3) is 5.56 Å². The quantitative estimate of drug-likeness (QED) is 0.828. The van der Waals surface area contributed by atoms with Crippen molar-refractivity contribution in [2.24, 2.45) is 5.92 Å². The van der Waals surface area contributed by atoms with Crippen LogP contribution in [-0.2, 0) is 18.1 Å². The van der Waals surface area contributed by atoms with Gasteiger partial charge >= 0.3 is 11.9 Å². The summed E-state index contributed by atoms with van der Waals surface area (Å²) in [5.74, 6) is 0.445. The van der Waals surface area contributed by atoms with E-state index >= 15 is 0 Å². The summed E-state index contributed by atoms with van der Waals surface area (Å²) in [4.78, 5) is 27.7. The highest BCUT2D eigenvalue weighted by atomic mass is 19.4. The van der Waals surface area contributed by atoms with Crippen molar-refractivity contribution in [3.8, 4) is 6.07 Å². The molecule has 9 heteroatoms. The predicted molar refractivity (Wildman–Crippen MR) is 98.3 cm³/mol. The van der Waals surface area contributed by atoms with E-state index in [0.29, 0.717) is 18.9 Å². The summed E-state index contributed by atoms with van der Waals surface area (Å²) in [6, 6.07) is 7.24. The van der Waals surface area contributed by atoms with Crippen molar-refractivity contribution in [3.63, 3.8) is 0 Å². The SMILES string of the molecule is N#Cc1cn(CCCN2C[C@@H]3C[C@]3(c3ccc(C(F)(F)F)cc3)C2)c(=O)[nH]c1=O. The molecule has 4 rings (SSSR count). The summed E-state index contributed by atoms with van der Waals surface area (Å²) in [6.45, 7) is 2.77. The van der Waals surface area contributed by atoms with Crippen LogP contribution in [0, 0.1) is 17.2 Å². The number of aryl methyl sites for hydroxylation is 1. The highest BCUT2D eigenvalue weighted by Crippen LogP contribution is 2.59. The normalized spacial score (nSPS) is 23.6. The smallest absolute Gasteiger partial charge is 0.302 e. The number of rotatable bonds is 5. The number of alkyl halides is 3. The van der Waals surface area contributed by atoms with Crippen molar-refractivity contribution in [1.29, 1.82) is 5.26 Å². The van der Waals surface area contributed by atoms with Crippen LogP contribution in [0.3, 0.4) is 0 Å². The van der Waals surface area contributed by atoms with Crippen LogP contribution in [0.1, 0.15) is 29.5 Å². The Bertz CT molecular complexity index is 1080. The molecule has 1 aromatic carbocycles. The maximum absolute atomic E-state index is 12.8. The van der Waals surface area contributed by atoms with Crippen molar-refractivity contribution in [1.82, 2.24) is 14.5 Å². The molecule has 2 aromatic rings. The second-order valence-corrected chi connectivity index (χ2v) is 7.83. The lowest BCUT2D eigenvalue weighted by atomic mass is 9.94. The van der Waals surface area contributed by atoms with Crippen LogP contribution in [0.4, 0.5) is 13.2 Å². The molecule has 2 aliphatic rings. The second kappa shape index (κ2) is 6.88. The molecule has 1 N–H and O–H groups in total. The molecule has 2 heterocycles. The molecule has 6 nitrogen and oxygen atoms in total. The third-order valence-electron chi connectivity index (χ3n) is 6.01. The highest BCUT2D eigenvalue weighted by molar-refractivity contribution is 5.39. The minimum absolute atomic E-state index is 0.0626. The molecule has 0 spiro atoms. The number of piperidine rings is 1. The first-order valence-electron chi connectivity index (χ1n) is 9.37. The molecule has 0 unspecified atom stereocenters. The van der Waals surface area contributed by atoms with E-state index < -0.39 is 23.0 Å². The fourth-order valence-corrected chi connectivity index (χ4v) is 4.42. The van der Waals surface area contributed by atoms with Crippen molar-refractivity contribution in [3.05, 3.63) is 68.0 Å².